The van der Waals surface area contributed by atoms with Gasteiger partial charge in [-0.05, 0) is 49.4 Å². The normalized spacial score (nSPS) is 19.0. The highest BCUT2D eigenvalue weighted by molar-refractivity contribution is 5.46. The Hall–Kier alpha value is -1.68. The maximum Gasteiger partial charge on any atom is 0.195 e. The summed E-state index contributed by atoms with van der Waals surface area (Å²) in [5.41, 5.74) is 8.10. The molecule has 1 aliphatic rings. The van der Waals surface area contributed by atoms with E-state index in [0.717, 1.165) is 37.3 Å². The Morgan fingerprint density at radius 3 is 3.18 bits per heavy atom. The van der Waals surface area contributed by atoms with Crippen LogP contribution < -0.4 is 5.73 Å². The molecule has 2 aromatic rings. The number of hydrogen-bond acceptors (Lipinski definition) is 4. The maximum atomic E-state index is 5.71. The van der Waals surface area contributed by atoms with Crippen LogP contribution in [0.5, 0.6) is 0 Å². The van der Waals surface area contributed by atoms with Crippen molar-refractivity contribution in [2.75, 3.05) is 6.54 Å². The second kappa shape index (κ2) is 4.30. The Labute approximate surface area is 99.9 Å². The van der Waals surface area contributed by atoms with Gasteiger partial charge >= 0.3 is 0 Å². The summed E-state index contributed by atoms with van der Waals surface area (Å²) in [5.74, 6) is 1.99. The minimum absolute atomic E-state index is 0.584. The highest BCUT2D eigenvalue weighted by atomic mass is 16.3. The van der Waals surface area contributed by atoms with Crippen molar-refractivity contribution in [3.63, 3.8) is 0 Å². The van der Waals surface area contributed by atoms with Crippen LogP contribution in [0.15, 0.2) is 29.0 Å². The summed E-state index contributed by atoms with van der Waals surface area (Å²) in [7, 11) is 0. The summed E-state index contributed by atoms with van der Waals surface area (Å²) in [5, 5.41) is 0. The fourth-order valence-corrected chi connectivity index (χ4v) is 2.31. The molecule has 1 atom stereocenters. The summed E-state index contributed by atoms with van der Waals surface area (Å²) in [6.07, 6.45) is 6.68. The molecule has 0 amide bonds. The van der Waals surface area contributed by atoms with Gasteiger partial charge in [-0.1, -0.05) is 0 Å². The topological polar surface area (TPSA) is 64.9 Å². The van der Waals surface area contributed by atoms with Crippen molar-refractivity contribution in [3.8, 4) is 11.6 Å². The first-order valence-corrected chi connectivity index (χ1v) is 5.95. The van der Waals surface area contributed by atoms with E-state index in [1.54, 1.807) is 6.26 Å². The van der Waals surface area contributed by atoms with Gasteiger partial charge < -0.3 is 10.2 Å². The Kier molecular flexibility index (Phi) is 2.65. The third kappa shape index (κ3) is 1.96. The Morgan fingerprint density at radius 2 is 2.41 bits per heavy atom. The average Bonchev–Trinajstić information content (AvgIpc) is 2.91. The fraction of sp³-hybridized carbons (Fsp3) is 0.385. The van der Waals surface area contributed by atoms with Gasteiger partial charge in [-0.15, -0.1) is 0 Å². The molecule has 0 bridgehead atoms. The van der Waals surface area contributed by atoms with E-state index in [4.69, 9.17) is 10.2 Å². The van der Waals surface area contributed by atoms with E-state index in [9.17, 15) is 0 Å². The third-order valence-electron chi connectivity index (χ3n) is 3.33. The maximum absolute atomic E-state index is 5.71. The first-order chi connectivity index (χ1) is 8.36. The molecule has 1 unspecified atom stereocenters. The van der Waals surface area contributed by atoms with Crippen LogP contribution in [0.4, 0.5) is 0 Å². The summed E-state index contributed by atoms with van der Waals surface area (Å²) in [4.78, 5) is 8.94. The van der Waals surface area contributed by atoms with Gasteiger partial charge in [-0.25, -0.2) is 9.97 Å². The van der Waals surface area contributed by atoms with E-state index in [1.807, 2.05) is 18.3 Å². The smallest absolute Gasteiger partial charge is 0.195 e. The van der Waals surface area contributed by atoms with Gasteiger partial charge in [0.05, 0.1) is 6.26 Å². The van der Waals surface area contributed by atoms with Crippen LogP contribution in [-0.2, 0) is 12.8 Å². The molecule has 0 spiro atoms. The van der Waals surface area contributed by atoms with Gasteiger partial charge in [0.15, 0.2) is 11.6 Å². The van der Waals surface area contributed by atoms with Gasteiger partial charge in [0.2, 0.25) is 0 Å². The predicted octanol–water partition coefficient (Wildman–Crippen LogP) is 1.80. The van der Waals surface area contributed by atoms with Crippen LogP contribution in [0.3, 0.4) is 0 Å². The zero-order chi connectivity index (χ0) is 11.7. The minimum atomic E-state index is 0.584. The molecular weight excluding hydrogens is 214 g/mol. The van der Waals surface area contributed by atoms with Crippen molar-refractivity contribution in [1.29, 1.82) is 0 Å². The molecule has 4 heteroatoms. The Bertz CT molecular complexity index is 507. The minimum Gasteiger partial charge on any atom is -0.461 e. The van der Waals surface area contributed by atoms with Crippen LogP contribution in [0, 0.1) is 5.92 Å². The van der Waals surface area contributed by atoms with Crippen LogP contribution in [0.1, 0.15) is 17.7 Å². The largest absolute Gasteiger partial charge is 0.461 e. The van der Waals surface area contributed by atoms with Gasteiger partial charge in [-0.3, -0.25) is 0 Å². The van der Waals surface area contributed by atoms with Gasteiger partial charge in [0.1, 0.15) is 0 Å². The van der Waals surface area contributed by atoms with Crippen LogP contribution in [-0.4, -0.2) is 16.5 Å². The number of nitrogens with two attached hydrogens (primary N) is 1. The monoisotopic (exact) mass is 229 g/mol. The number of hydrogen-bond donors (Lipinski definition) is 1. The molecule has 2 N–H and O–H groups in total. The molecule has 17 heavy (non-hydrogen) atoms. The van der Waals surface area contributed by atoms with E-state index < -0.39 is 0 Å². The second-order valence-electron chi connectivity index (χ2n) is 4.49. The molecule has 4 nitrogen and oxygen atoms in total. The second-order valence-corrected chi connectivity index (χ2v) is 4.49. The molecular formula is C13H15N3O. The SMILES string of the molecule is NCC1CCc2nc(-c3ccco3)ncc2C1. The van der Waals surface area contributed by atoms with Crippen LogP contribution in [0.2, 0.25) is 0 Å². The summed E-state index contributed by atoms with van der Waals surface area (Å²) >= 11 is 0. The van der Waals surface area contributed by atoms with Crippen molar-refractivity contribution in [2.24, 2.45) is 11.7 Å². The molecule has 1 aliphatic carbocycles. The number of aryl methyl sites for hydroxylation is 1. The van der Waals surface area contributed by atoms with Crippen molar-refractivity contribution < 1.29 is 4.42 Å². The van der Waals surface area contributed by atoms with Crippen molar-refractivity contribution in [3.05, 3.63) is 35.9 Å². The lowest BCUT2D eigenvalue weighted by Crippen LogP contribution is -2.23. The molecule has 88 valence electrons. The zero-order valence-electron chi connectivity index (χ0n) is 9.60. The highest BCUT2D eigenvalue weighted by Crippen LogP contribution is 2.25. The molecule has 0 radical (unpaired) electrons. The number of furan rings is 1. The number of rotatable bonds is 2. The first-order valence-electron chi connectivity index (χ1n) is 5.95. The summed E-state index contributed by atoms with van der Waals surface area (Å²) < 4.78 is 5.31. The molecule has 0 fully saturated rings. The molecule has 0 saturated heterocycles. The zero-order valence-corrected chi connectivity index (χ0v) is 9.60. The van der Waals surface area contributed by atoms with E-state index >= 15 is 0 Å². The molecule has 2 aromatic heterocycles. The third-order valence-corrected chi connectivity index (χ3v) is 3.33. The Balaban J connectivity index is 1.93. The van der Waals surface area contributed by atoms with Crippen molar-refractivity contribution in [1.82, 2.24) is 9.97 Å². The van der Waals surface area contributed by atoms with E-state index in [0.29, 0.717) is 11.7 Å². The lowest BCUT2D eigenvalue weighted by Gasteiger charge is -2.22. The van der Waals surface area contributed by atoms with Crippen LogP contribution in [0.25, 0.3) is 11.6 Å². The van der Waals surface area contributed by atoms with E-state index in [1.165, 1.54) is 5.56 Å². The summed E-state index contributed by atoms with van der Waals surface area (Å²) in [6.45, 7) is 0.749. The lowest BCUT2D eigenvalue weighted by atomic mass is 9.87. The lowest BCUT2D eigenvalue weighted by molar-refractivity contribution is 0.461. The van der Waals surface area contributed by atoms with Crippen molar-refractivity contribution >= 4 is 0 Å². The predicted molar refractivity (Wildman–Crippen MR) is 64.3 cm³/mol. The molecule has 2 heterocycles. The van der Waals surface area contributed by atoms with Gasteiger partial charge in [-0.2, -0.15) is 0 Å². The van der Waals surface area contributed by atoms with E-state index in [2.05, 4.69) is 9.97 Å². The first kappa shape index (κ1) is 10.5. The number of aromatic nitrogens is 2. The number of fused-ring (bicyclic) bond motifs is 1. The quantitative estimate of drug-likeness (QED) is 0.852. The highest BCUT2D eigenvalue weighted by Gasteiger charge is 2.20. The standard InChI is InChI=1S/C13H15N3O/c14-7-9-3-4-11-10(6-9)8-15-13(16-11)12-2-1-5-17-12/h1-2,5,8-9H,3-4,6-7,14H2. The summed E-state index contributed by atoms with van der Waals surface area (Å²) in [6, 6.07) is 3.73. The fourth-order valence-electron chi connectivity index (χ4n) is 2.31. The molecule has 0 aromatic carbocycles. The van der Waals surface area contributed by atoms with Gasteiger partial charge in [0, 0.05) is 11.9 Å². The molecule has 0 saturated carbocycles. The molecule has 3 rings (SSSR count). The van der Waals surface area contributed by atoms with Crippen molar-refractivity contribution in [2.45, 2.75) is 19.3 Å². The average molecular weight is 229 g/mol. The van der Waals surface area contributed by atoms with Crippen LogP contribution >= 0.6 is 0 Å². The number of nitrogens with zero attached hydrogens (tertiary/aromatic N) is 2. The molecule has 0 aliphatic heterocycles. The van der Waals surface area contributed by atoms with Gasteiger partial charge in [0.25, 0.3) is 0 Å². The Morgan fingerprint density at radius 1 is 1.47 bits per heavy atom. The van der Waals surface area contributed by atoms with E-state index in [-0.39, 0.29) is 0 Å².